The van der Waals surface area contributed by atoms with Crippen LogP contribution in [0.2, 0.25) is 0 Å². The van der Waals surface area contributed by atoms with E-state index in [1.165, 1.54) is 12.1 Å². The van der Waals surface area contributed by atoms with Gasteiger partial charge in [0.05, 0.1) is 19.7 Å². The van der Waals surface area contributed by atoms with Gasteiger partial charge in [0.15, 0.2) is 12.6 Å². The predicted octanol–water partition coefficient (Wildman–Crippen LogP) is 2.06. The van der Waals surface area contributed by atoms with Crippen LogP contribution < -0.4 is 20.7 Å². The van der Waals surface area contributed by atoms with Gasteiger partial charge in [0.25, 0.3) is 0 Å². The largest absolute Gasteiger partial charge is 0.484 e. The molecule has 0 saturated heterocycles. The van der Waals surface area contributed by atoms with Crippen LogP contribution in [-0.2, 0) is 16.1 Å². The number of halogens is 4. The number of guanidine groups is 1. The van der Waals surface area contributed by atoms with Gasteiger partial charge in [-0.05, 0) is 24.6 Å². The van der Waals surface area contributed by atoms with Gasteiger partial charge in [0.2, 0.25) is 5.91 Å². The molecule has 160 valence electrons. The highest BCUT2D eigenvalue weighted by Crippen LogP contribution is 2.19. The van der Waals surface area contributed by atoms with E-state index in [2.05, 4.69) is 25.7 Å². The molecule has 7 nitrogen and oxygen atoms in total. The van der Waals surface area contributed by atoms with Gasteiger partial charge in [-0.1, -0.05) is 12.1 Å². The van der Waals surface area contributed by atoms with Crippen molar-refractivity contribution in [2.24, 2.45) is 4.99 Å². The van der Waals surface area contributed by atoms with Gasteiger partial charge in [-0.25, -0.2) is 4.99 Å². The summed E-state index contributed by atoms with van der Waals surface area (Å²) in [6.45, 7) is 2.38. The Hall–Kier alpha value is -1.76. The van der Waals surface area contributed by atoms with Crippen molar-refractivity contribution >= 4 is 35.8 Å². The Bertz CT molecular complexity index is 598. The third kappa shape index (κ3) is 12.6. The number of nitrogens with one attached hydrogen (secondary N) is 3. The maximum absolute atomic E-state index is 12.1. The minimum Gasteiger partial charge on any atom is -0.484 e. The Morgan fingerprint density at radius 3 is 2.39 bits per heavy atom. The van der Waals surface area contributed by atoms with Gasteiger partial charge in [-0.15, -0.1) is 24.0 Å². The number of carbonyl (C=O) groups excluding carboxylic acids is 1. The van der Waals surface area contributed by atoms with Crippen molar-refractivity contribution in [3.05, 3.63) is 29.8 Å². The van der Waals surface area contributed by atoms with Crippen LogP contribution in [0.1, 0.15) is 12.5 Å². The van der Waals surface area contributed by atoms with E-state index in [9.17, 15) is 18.0 Å². The second-order valence-electron chi connectivity index (χ2n) is 5.44. The van der Waals surface area contributed by atoms with Crippen LogP contribution in [0, 0.1) is 0 Å². The highest BCUT2D eigenvalue weighted by atomic mass is 127. The molecule has 11 heteroatoms. The molecule has 0 aliphatic carbocycles. The van der Waals surface area contributed by atoms with Gasteiger partial charge in [0, 0.05) is 20.2 Å². The van der Waals surface area contributed by atoms with Crippen LogP contribution in [0.4, 0.5) is 13.2 Å². The number of methoxy groups -OCH3 is 1. The van der Waals surface area contributed by atoms with Crippen molar-refractivity contribution in [1.29, 1.82) is 0 Å². The second kappa shape index (κ2) is 14.3. The third-order valence-corrected chi connectivity index (χ3v) is 3.13. The Balaban J connectivity index is 0.00000729. The van der Waals surface area contributed by atoms with E-state index < -0.39 is 12.8 Å². The van der Waals surface area contributed by atoms with Gasteiger partial charge in [0.1, 0.15) is 5.75 Å². The second-order valence-corrected chi connectivity index (χ2v) is 5.44. The van der Waals surface area contributed by atoms with Crippen LogP contribution in [0.15, 0.2) is 29.3 Å². The van der Waals surface area contributed by atoms with Crippen molar-refractivity contribution < 1.29 is 27.4 Å². The monoisotopic (exact) mass is 518 g/mol. The van der Waals surface area contributed by atoms with E-state index in [1.54, 1.807) is 19.2 Å². The molecule has 0 unspecified atom stereocenters. The molecule has 0 heterocycles. The summed E-state index contributed by atoms with van der Waals surface area (Å²) >= 11 is 0. The molecular weight excluding hydrogens is 492 g/mol. The summed E-state index contributed by atoms with van der Waals surface area (Å²) in [7, 11) is 1.55. The number of benzene rings is 1. The summed E-state index contributed by atoms with van der Waals surface area (Å²) in [5.74, 6) is 0.401. The molecule has 0 spiro atoms. The Kier molecular flexibility index (Phi) is 13.4. The minimum absolute atomic E-state index is 0. The molecule has 3 N–H and O–H groups in total. The highest BCUT2D eigenvalue weighted by Gasteiger charge is 2.28. The van der Waals surface area contributed by atoms with Crippen LogP contribution in [-0.4, -0.2) is 58.0 Å². The molecule has 0 fully saturated rings. The van der Waals surface area contributed by atoms with Crippen LogP contribution >= 0.6 is 24.0 Å². The Labute approximate surface area is 179 Å². The molecule has 0 radical (unpaired) electrons. The Morgan fingerprint density at radius 2 is 1.82 bits per heavy atom. The normalized spacial score (nSPS) is 11.4. The number of nitrogens with zero attached hydrogens (tertiary/aromatic N) is 1. The van der Waals surface area contributed by atoms with E-state index in [-0.39, 0.29) is 42.2 Å². The standard InChI is InChI=1S/C17H25F3N4O3.HI/c1-3-21-16(24-11-15(25)22-8-9-26-2)23-10-13-4-6-14(7-5-13)27-12-17(18,19)20;/h4-7H,3,8-12H2,1-2H3,(H,22,25)(H2,21,23,24);1H. The van der Waals surface area contributed by atoms with Crippen molar-refractivity contribution in [3.8, 4) is 5.75 Å². The fraction of sp³-hybridized carbons (Fsp3) is 0.529. The minimum atomic E-state index is -4.37. The van der Waals surface area contributed by atoms with Crippen molar-refractivity contribution in [1.82, 2.24) is 16.0 Å². The summed E-state index contributed by atoms with van der Waals surface area (Å²) < 4.78 is 45.9. The fourth-order valence-corrected chi connectivity index (χ4v) is 1.89. The molecule has 0 saturated carbocycles. The van der Waals surface area contributed by atoms with Crippen LogP contribution in [0.3, 0.4) is 0 Å². The van der Waals surface area contributed by atoms with Crippen LogP contribution in [0.25, 0.3) is 0 Å². The lowest BCUT2D eigenvalue weighted by atomic mass is 10.2. The summed E-state index contributed by atoms with van der Waals surface area (Å²) in [5.41, 5.74) is 0.788. The molecule has 0 aliphatic heterocycles. The zero-order valence-corrected chi connectivity index (χ0v) is 18.1. The number of ether oxygens (including phenoxy) is 2. The van der Waals surface area contributed by atoms with Crippen molar-refractivity contribution in [2.45, 2.75) is 19.6 Å². The van der Waals surface area contributed by atoms with Crippen LogP contribution in [0.5, 0.6) is 5.75 Å². The zero-order chi connectivity index (χ0) is 20.1. The summed E-state index contributed by atoms with van der Waals surface area (Å²) in [6, 6.07) is 6.19. The first kappa shape index (κ1) is 26.2. The molecule has 28 heavy (non-hydrogen) atoms. The summed E-state index contributed by atoms with van der Waals surface area (Å²) in [5, 5.41) is 8.59. The topological polar surface area (TPSA) is 84.0 Å². The van der Waals surface area contributed by atoms with E-state index in [1.807, 2.05) is 6.92 Å². The predicted molar refractivity (Wildman–Crippen MR) is 111 cm³/mol. The first-order chi connectivity index (χ1) is 12.8. The molecule has 0 aliphatic rings. The van der Waals surface area contributed by atoms with E-state index >= 15 is 0 Å². The molecule has 0 atom stereocenters. The number of carbonyl (C=O) groups is 1. The summed E-state index contributed by atoms with van der Waals surface area (Å²) in [6.07, 6.45) is -4.37. The van der Waals surface area contributed by atoms with E-state index in [0.717, 1.165) is 5.56 Å². The lowest BCUT2D eigenvalue weighted by Crippen LogP contribution is -2.43. The van der Waals surface area contributed by atoms with Gasteiger partial charge in [-0.2, -0.15) is 13.2 Å². The number of hydrogen-bond donors (Lipinski definition) is 3. The molecular formula is C17H26F3IN4O3. The molecule has 1 aromatic rings. The molecule has 0 bridgehead atoms. The average Bonchev–Trinajstić information content (AvgIpc) is 2.63. The maximum Gasteiger partial charge on any atom is 0.422 e. The first-order valence-corrected chi connectivity index (χ1v) is 8.40. The van der Waals surface area contributed by atoms with Crippen molar-refractivity contribution in [3.63, 3.8) is 0 Å². The quantitative estimate of drug-likeness (QED) is 0.191. The third-order valence-electron chi connectivity index (χ3n) is 3.13. The number of amides is 1. The van der Waals surface area contributed by atoms with E-state index in [4.69, 9.17) is 4.74 Å². The SMILES string of the molecule is CCNC(=NCc1ccc(OCC(F)(F)F)cc1)NCC(=O)NCCOC.I. The molecule has 1 amide bonds. The van der Waals surface area contributed by atoms with Gasteiger partial charge < -0.3 is 25.4 Å². The van der Waals surface area contributed by atoms with Gasteiger partial charge >= 0.3 is 6.18 Å². The van der Waals surface area contributed by atoms with Gasteiger partial charge in [-0.3, -0.25) is 4.79 Å². The maximum atomic E-state index is 12.1. The van der Waals surface area contributed by atoms with Crippen molar-refractivity contribution in [2.75, 3.05) is 40.0 Å². The average molecular weight is 518 g/mol. The number of rotatable bonds is 10. The molecule has 1 rings (SSSR count). The summed E-state index contributed by atoms with van der Waals surface area (Å²) in [4.78, 5) is 16.0. The fourth-order valence-electron chi connectivity index (χ4n) is 1.89. The zero-order valence-electron chi connectivity index (χ0n) is 15.8. The lowest BCUT2D eigenvalue weighted by Gasteiger charge is -2.12. The van der Waals surface area contributed by atoms with E-state index in [0.29, 0.717) is 32.2 Å². The number of alkyl halides is 3. The first-order valence-electron chi connectivity index (χ1n) is 8.40. The smallest absolute Gasteiger partial charge is 0.422 e. The molecule has 0 aromatic heterocycles. The Morgan fingerprint density at radius 1 is 1.14 bits per heavy atom. The molecule has 1 aromatic carbocycles. The highest BCUT2D eigenvalue weighted by molar-refractivity contribution is 14.0. The number of aliphatic imine (C=N–C) groups is 1. The number of hydrogen-bond acceptors (Lipinski definition) is 4. The lowest BCUT2D eigenvalue weighted by molar-refractivity contribution is -0.153.